The largest absolute Gasteiger partial charge is 0.359 e. The van der Waals surface area contributed by atoms with Crippen molar-refractivity contribution in [3.8, 4) is 0 Å². The first kappa shape index (κ1) is 25.3. The number of amides is 4. The van der Waals surface area contributed by atoms with Gasteiger partial charge in [0.05, 0.1) is 5.69 Å². The molecule has 194 valence electrons. The van der Waals surface area contributed by atoms with Gasteiger partial charge in [-0.1, -0.05) is 17.7 Å². The third-order valence-corrected chi connectivity index (χ3v) is 6.76. The smallest absolute Gasteiger partial charge is 0.323 e. The Hall–Kier alpha value is -4.37. The lowest BCUT2D eigenvalue weighted by molar-refractivity contribution is -0.121. The van der Waals surface area contributed by atoms with E-state index >= 15 is 0 Å². The predicted octanol–water partition coefficient (Wildman–Crippen LogP) is 6.10. The van der Waals surface area contributed by atoms with Crippen molar-refractivity contribution in [1.82, 2.24) is 9.88 Å². The van der Waals surface area contributed by atoms with Crippen LogP contribution >= 0.6 is 11.6 Å². The third-order valence-electron chi connectivity index (χ3n) is 6.53. The molecule has 8 nitrogen and oxygen atoms in total. The lowest BCUT2D eigenvalue weighted by Crippen LogP contribution is -2.41. The summed E-state index contributed by atoms with van der Waals surface area (Å²) in [6.45, 7) is 0.849. The fourth-order valence-electron chi connectivity index (χ4n) is 4.51. The molecule has 1 aliphatic heterocycles. The van der Waals surface area contributed by atoms with Crippen molar-refractivity contribution < 1.29 is 18.8 Å². The van der Waals surface area contributed by atoms with Gasteiger partial charge in [-0.25, -0.2) is 9.18 Å². The van der Waals surface area contributed by atoms with Crippen LogP contribution in [0.1, 0.15) is 23.2 Å². The van der Waals surface area contributed by atoms with Gasteiger partial charge >= 0.3 is 6.03 Å². The Labute approximate surface area is 223 Å². The number of nitrogens with zero attached hydrogens (tertiary/aromatic N) is 1. The van der Waals surface area contributed by atoms with E-state index in [4.69, 9.17) is 11.6 Å². The van der Waals surface area contributed by atoms with Gasteiger partial charge in [0, 0.05) is 58.1 Å². The number of halogens is 2. The number of fused-ring (bicyclic) bond motifs is 1. The van der Waals surface area contributed by atoms with Gasteiger partial charge in [-0.15, -0.1) is 0 Å². The number of urea groups is 1. The summed E-state index contributed by atoms with van der Waals surface area (Å²) < 4.78 is 13.4. The highest BCUT2D eigenvalue weighted by Crippen LogP contribution is 2.27. The highest BCUT2D eigenvalue weighted by Gasteiger charge is 2.28. The van der Waals surface area contributed by atoms with Gasteiger partial charge in [0.2, 0.25) is 5.91 Å². The Morgan fingerprint density at radius 2 is 1.61 bits per heavy atom. The van der Waals surface area contributed by atoms with Crippen molar-refractivity contribution in [2.24, 2.45) is 5.92 Å². The number of hydrogen-bond acceptors (Lipinski definition) is 3. The molecule has 0 aliphatic carbocycles. The molecule has 38 heavy (non-hydrogen) atoms. The molecule has 1 fully saturated rings. The van der Waals surface area contributed by atoms with Gasteiger partial charge in [0.15, 0.2) is 0 Å². The maximum absolute atomic E-state index is 13.4. The first-order valence-electron chi connectivity index (χ1n) is 12.2. The molecule has 0 spiro atoms. The third kappa shape index (κ3) is 5.78. The minimum absolute atomic E-state index is 0.126. The van der Waals surface area contributed by atoms with E-state index in [0.717, 1.165) is 10.9 Å². The van der Waals surface area contributed by atoms with Gasteiger partial charge in [0.25, 0.3) is 5.91 Å². The van der Waals surface area contributed by atoms with Gasteiger partial charge in [-0.3, -0.25) is 9.59 Å². The second kappa shape index (κ2) is 10.9. The van der Waals surface area contributed by atoms with E-state index in [2.05, 4.69) is 20.9 Å². The van der Waals surface area contributed by atoms with Crippen LogP contribution in [-0.4, -0.2) is 40.8 Å². The molecule has 0 radical (unpaired) electrons. The topological polar surface area (TPSA) is 106 Å². The van der Waals surface area contributed by atoms with E-state index in [0.29, 0.717) is 53.6 Å². The van der Waals surface area contributed by atoms with Crippen molar-refractivity contribution in [3.05, 3.63) is 89.3 Å². The molecule has 3 aromatic carbocycles. The fraction of sp³-hybridized carbons (Fsp3) is 0.179. The zero-order valence-corrected chi connectivity index (χ0v) is 21.0. The fourth-order valence-corrected chi connectivity index (χ4v) is 4.68. The summed E-state index contributed by atoms with van der Waals surface area (Å²) in [6, 6.07) is 17.4. The number of carbonyl (C=O) groups is 3. The van der Waals surface area contributed by atoms with Crippen molar-refractivity contribution in [3.63, 3.8) is 0 Å². The quantitative estimate of drug-likeness (QED) is 0.249. The van der Waals surface area contributed by atoms with Crippen LogP contribution in [0.3, 0.4) is 0 Å². The Kier molecular flexibility index (Phi) is 7.28. The van der Waals surface area contributed by atoms with Gasteiger partial charge < -0.3 is 25.8 Å². The van der Waals surface area contributed by atoms with E-state index in [1.807, 2.05) is 6.07 Å². The Balaban J connectivity index is 1.11. The van der Waals surface area contributed by atoms with Crippen LogP contribution in [0.2, 0.25) is 5.02 Å². The number of benzene rings is 3. The average molecular weight is 534 g/mol. The first-order valence-corrected chi connectivity index (χ1v) is 12.5. The number of anilines is 3. The maximum atomic E-state index is 13.4. The van der Waals surface area contributed by atoms with E-state index < -0.39 is 11.8 Å². The Morgan fingerprint density at radius 1 is 0.895 bits per heavy atom. The molecule has 0 atom stereocenters. The van der Waals surface area contributed by atoms with Crippen molar-refractivity contribution in [2.45, 2.75) is 12.8 Å². The summed E-state index contributed by atoms with van der Waals surface area (Å²) in [5.41, 5.74) is 2.93. The van der Waals surface area contributed by atoms with E-state index in [9.17, 15) is 18.8 Å². The number of aromatic nitrogens is 1. The lowest BCUT2D eigenvalue weighted by Gasteiger charge is -2.31. The highest BCUT2D eigenvalue weighted by atomic mass is 35.5. The molecule has 5 rings (SSSR count). The molecule has 1 saturated heterocycles. The minimum Gasteiger partial charge on any atom is -0.359 e. The summed E-state index contributed by atoms with van der Waals surface area (Å²) >= 11 is 6.06. The van der Waals surface area contributed by atoms with Gasteiger partial charge in [-0.05, 0) is 73.5 Å². The highest BCUT2D eigenvalue weighted by molar-refractivity contribution is 6.31. The molecule has 2 heterocycles. The number of piperidine rings is 1. The van der Waals surface area contributed by atoms with Crippen LogP contribution in [0, 0.1) is 11.7 Å². The number of hydrogen-bond donors (Lipinski definition) is 4. The van der Waals surface area contributed by atoms with Crippen molar-refractivity contribution in [2.75, 3.05) is 29.0 Å². The molecular formula is C28H25ClFN5O3. The van der Waals surface area contributed by atoms with Crippen LogP contribution < -0.4 is 16.0 Å². The zero-order chi connectivity index (χ0) is 26.6. The molecule has 0 unspecified atom stereocenters. The van der Waals surface area contributed by atoms with E-state index in [-0.39, 0.29) is 17.7 Å². The van der Waals surface area contributed by atoms with Gasteiger partial charge in [-0.2, -0.15) is 0 Å². The van der Waals surface area contributed by atoms with Gasteiger partial charge in [0.1, 0.15) is 5.82 Å². The molecule has 0 saturated carbocycles. The molecule has 10 heteroatoms. The first-order chi connectivity index (χ1) is 18.4. The van der Waals surface area contributed by atoms with Crippen LogP contribution in [0.5, 0.6) is 0 Å². The Bertz CT molecular complexity index is 1500. The zero-order valence-electron chi connectivity index (χ0n) is 20.3. The molecule has 0 bridgehead atoms. The van der Waals surface area contributed by atoms with Crippen LogP contribution in [0.15, 0.2) is 72.9 Å². The number of H-pyrrole nitrogens is 1. The average Bonchev–Trinajstić information content (AvgIpc) is 3.30. The van der Waals surface area contributed by atoms with E-state index in [1.54, 1.807) is 53.6 Å². The summed E-state index contributed by atoms with van der Waals surface area (Å²) in [4.78, 5) is 42.6. The van der Waals surface area contributed by atoms with Crippen molar-refractivity contribution in [1.29, 1.82) is 0 Å². The predicted molar refractivity (Wildman–Crippen MR) is 146 cm³/mol. The monoisotopic (exact) mass is 533 g/mol. The standard InChI is InChI=1S/C28H25ClFN5O3/c29-19-4-9-24-23(15-19)25(16-31-24)34-28(38)33-22-7-5-21(6-8-22)32-26(36)17-10-12-35(13-11-17)27(37)18-2-1-3-20(30)14-18/h1-9,14-17,31H,10-13H2,(H,32,36)(H2,33,34,38). The number of aromatic amines is 1. The summed E-state index contributed by atoms with van der Waals surface area (Å²) in [5.74, 6) is -1.05. The second-order valence-electron chi connectivity index (χ2n) is 9.11. The van der Waals surface area contributed by atoms with E-state index in [1.165, 1.54) is 18.2 Å². The van der Waals surface area contributed by atoms with Crippen LogP contribution in [-0.2, 0) is 4.79 Å². The Morgan fingerprint density at radius 3 is 2.32 bits per heavy atom. The molecule has 4 amide bonds. The van der Waals surface area contributed by atoms with Crippen molar-refractivity contribution >= 4 is 57.4 Å². The molecular weight excluding hydrogens is 509 g/mol. The second-order valence-corrected chi connectivity index (χ2v) is 9.55. The summed E-state index contributed by atoms with van der Waals surface area (Å²) in [7, 11) is 0. The normalized spacial score (nSPS) is 13.8. The summed E-state index contributed by atoms with van der Waals surface area (Å²) in [6.07, 6.45) is 2.73. The number of likely N-dealkylation sites (tertiary alicyclic amines) is 1. The van der Waals surface area contributed by atoms with Crippen LogP contribution in [0.25, 0.3) is 10.9 Å². The van der Waals surface area contributed by atoms with Crippen LogP contribution in [0.4, 0.5) is 26.2 Å². The molecule has 1 aliphatic rings. The molecule has 1 aromatic heterocycles. The number of carbonyl (C=O) groups excluding carboxylic acids is 3. The number of rotatable bonds is 5. The lowest BCUT2D eigenvalue weighted by atomic mass is 9.95. The maximum Gasteiger partial charge on any atom is 0.323 e. The SMILES string of the molecule is O=C(Nc1ccc(NC(=O)C2CCN(C(=O)c3cccc(F)c3)CC2)cc1)Nc1c[nH]c2ccc(Cl)cc12. The summed E-state index contributed by atoms with van der Waals surface area (Å²) in [5, 5.41) is 9.84. The molecule has 4 aromatic rings. The number of nitrogens with one attached hydrogen (secondary N) is 4. The minimum atomic E-state index is -0.452. The molecule has 4 N–H and O–H groups in total.